The minimum atomic E-state index is -0.651. The standard InChI is InChI=1S/C18H16F3N3O/c19-12-4-5-13(20)16(8-12)24-15-3-1-2-14(21)17(15)18(23-24)25-10-11-6-7-22-9-11/h1-5,8,11,22H,6-7,9-10H2/t11-/m1/s1. The minimum absolute atomic E-state index is 0.0867. The second-order valence-electron chi connectivity index (χ2n) is 6.12. The first-order chi connectivity index (χ1) is 12.1. The molecule has 25 heavy (non-hydrogen) atoms. The van der Waals surface area contributed by atoms with Gasteiger partial charge in [0, 0.05) is 18.5 Å². The van der Waals surface area contributed by atoms with Gasteiger partial charge in [-0.1, -0.05) is 6.07 Å². The third-order valence-electron chi connectivity index (χ3n) is 4.38. The first-order valence-corrected chi connectivity index (χ1v) is 8.09. The Balaban J connectivity index is 1.79. The molecule has 3 aromatic rings. The topological polar surface area (TPSA) is 39.1 Å². The van der Waals surface area contributed by atoms with Gasteiger partial charge in [0.15, 0.2) is 0 Å². The Bertz CT molecular complexity index is 919. The van der Waals surface area contributed by atoms with Crippen molar-refractivity contribution in [3.8, 4) is 11.6 Å². The summed E-state index contributed by atoms with van der Waals surface area (Å²) in [6.07, 6.45) is 0.972. The van der Waals surface area contributed by atoms with Crippen LogP contribution in [0.5, 0.6) is 5.88 Å². The van der Waals surface area contributed by atoms with E-state index in [1.54, 1.807) is 6.07 Å². The zero-order chi connectivity index (χ0) is 17.4. The smallest absolute Gasteiger partial charge is 0.244 e. The molecule has 0 radical (unpaired) electrons. The molecular formula is C18H16F3N3O. The maximum absolute atomic E-state index is 14.3. The van der Waals surface area contributed by atoms with Gasteiger partial charge < -0.3 is 10.1 Å². The predicted octanol–water partition coefficient (Wildman–Crippen LogP) is 3.43. The maximum Gasteiger partial charge on any atom is 0.244 e. The van der Waals surface area contributed by atoms with Crippen LogP contribution in [0.15, 0.2) is 36.4 Å². The summed E-state index contributed by atoms with van der Waals surface area (Å²) in [5.41, 5.74) is 0.233. The van der Waals surface area contributed by atoms with E-state index in [0.29, 0.717) is 18.0 Å². The van der Waals surface area contributed by atoms with Crippen LogP contribution in [0.1, 0.15) is 6.42 Å². The molecule has 4 nitrogen and oxygen atoms in total. The van der Waals surface area contributed by atoms with Gasteiger partial charge in [0.05, 0.1) is 17.5 Å². The zero-order valence-corrected chi connectivity index (χ0v) is 13.3. The van der Waals surface area contributed by atoms with E-state index < -0.39 is 17.5 Å². The summed E-state index contributed by atoms with van der Waals surface area (Å²) in [4.78, 5) is 0. The summed E-state index contributed by atoms with van der Waals surface area (Å²) < 4.78 is 49.0. The molecule has 1 aliphatic rings. The van der Waals surface area contributed by atoms with E-state index >= 15 is 0 Å². The van der Waals surface area contributed by atoms with Crippen LogP contribution in [-0.4, -0.2) is 29.5 Å². The SMILES string of the molecule is Fc1ccc(F)c(-n2nc(OC[C@@H]3CCNC3)c3c(F)cccc32)c1. The van der Waals surface area contributed by atoms with Crippen molar-refractivity contribution in [1.82, 2.24) is 15.1 Å². The van der Waals surface area contributed by atoms with Crippen LogP contribution < -0.4 is 10.1 Å². The molecule has 0 unspecified atom stereocenters. The molecule has 1 atom stereocenters. The highest BCUT2D eigenvalue weighted by atomic mass is 19.1. The van der Waals surface area contributed by atoms with Gasteiger partial charge in [0.2, 0.25) is 5.88 Å². The first-order valence-electron chi connectivity index (χ1n) is 8.09. The summed E-state index contributed by atoms with van der Waals surface area (Å²) in [6.45, 7) is 2.14. The lowest BCUT2D eigenvalue weighted by molar-refractivity contribution is 0.251. The number of halogens is 3. The van der Waals surface area contributed by atoms with Crippen molar-refractivity contribution in [1.29, 1.82) is 0 Å². The molecule has 0 aliphatic carbocycles. The van der Waals surface area contributed by atoms with Crippen LogP contribution in [0, 0.1) is 23.4 Å². The van der Waals surface area contributed by atoms with Crippen LogP contribution in [-0.2, 0) is 0 Å². The Morgan fingerprint density at radius 3 is 2.84 bits per heavy atom. The van der Waals surface area contributed by atoms with Crippen LogP contribution >= 0.6 is 0 Å². The molecule has 0 bridgehead atoms. The van der Waals surface area contributed by atoms with E-state index in [1.807, 2.05) is 0 Å². The molecule has 1 aromatic heterocycles. The average molecular weight is 347 g/mol. The molecule has 0 spiro atoms. The molecule has 2 aromatic carbocycles. The van der Waals surface area contributed by atoms with Crippen molar-refractivity contribution >= 4 is 10.9 Å². The second kappa shape index (κ2) is 6.40. The predicted molar refractivity (Wildman–Crippen MR) is 87.4 cm³/mol. The van der Waals surface area contributed by atoms with Gasteiger partial charge in [-0.25, -0.2) is 17.9 Å². The lowest BCUT2D eigenvalue weighted by atomic mass is 10.1. The number of hydrogen-bond donors (Lipinski definition) is 1. The Labute approximate surface area is 142 Å². The first kappa shape index (κ1) is 16.0. The molecule has 0 saturated carbocycles. The lowest BCUT2D eigenvalue weighted by Gasteiger charge is -2.08. The number of rotatable bonds is 4. The molecule has 0 amide bonds. The maximum atomic E-state index is 14.3. The summed E-state index contributed by atoms with van der Waals surface area (Å²) >= 11 is 0. The average Bonchev–Trinajstić information content (AvgIpc) is 3.23. The Kier molecular flexibility index (Phi) is 4.09. The molecule has 1 N–H and O–H groups in total. The van der Waals surface area contributed by atoms with Gasteiger partial charge in [0.1, 0.15) is 23.1 Å². The molecule has 1 aliphatic heterocycles. The summed E-state index contributed by atoms with van der Waals surface area (Å²) in [5, 5.41) is 7.61. The monoisotopic (exact) mass is 347 g/mol. The van der Waals surface area contributed by atoms with E-state index in [9.17, 15) is 13.2 Å². The molecule has 1 fully saturated rings. The van der Waals surface area contributed by atoms with E-state index in [4.69, 9.17) is 4.74 Å². The normalized spacial score (nSPS) is 17.3. The van der Waals surface area contributed by atoms with E-state index in [1.165, 1.54) is 16.8 Å². The van der Waals surface area contributed by atoms with Crippen LogP contribution in [0.3, 0.4) is 0 Å². The van der Waals surface area contributed by atoms with Crippen molar-refractivity contribution in [2.75, 3.05) is 19.7 Å². The number of aromatic nitrogens is 2. The van der Waals surface area contributed by atoms with Gasteiger partial charge in [-0.15, -0.1) is 5.10 Å². The van der Waals surface area contributed by atoms with Gasteiger partial charge in [-0.3, -0.25) is 0 Å². The highest BCUT2D eigenvalue weighted by molar-refractivity contribution is 5.86. The van der Waals surface area contributed by atoms with E-state index in [2.05, 4.69) is 10.4 Å². The Morgan fingerprint density at radius 1 is 1.16 bits per heavy atom. The summed E-state index contributed by atoms with van der Waals surface area (Å²) in [6, 6.07) is 7.45. The Hall–Kier alpha value is -2.54. The third-order valence-corrected chi connectivity index (χ3v) is 4.38. The van der Waals surface area contributed by atoms with Crippen molar-refractivity contribution in [2.45, 2.75) is 6.42 Å². The van der Waals surface area contributed by atoms with Crippen LogP contribution in [0.2, 0.25) is 0 Å². The fourth-order valence-electron chi connectivity index (χ4n) is 3.08. The number of nitrogens with zero attached hydrogens (tertiary/aromatic N) is 2. The largest absolute Gasteiger partial charge is 0.476 e. The fourth-order valence-corrected chi connectivity index (χ4v) is 3.08. The van der Waals surface area contributed by atoms with Gasteiger partial charge in [-0.05, 0) is 37.2 Å². The summed E-state index contributed by atoms with van der Waals surface area (Å²) in [7, 11) is 0. The van der Waals surface area contributed by atoms with Crippen molar-refractivity contribution in [2.24, 2.45) is 5.92 Å². The third kappa shape index (κ3) is 2.95. The molecule has 4 rings (SSSR count). The fraction of sp³-hybridized carbons (Fsp3) is 0.278. The lowest BCUT2D eigenvalue weighted by Crippen LogP contribution is -2.15. The number of nitrogens with one attached hydrogen (secondary N) is 1. The van der Waals surface area contributed by atoms with Gasteiger partial charge in [0.25, 0.3) is 0 Å². The van der Waals surface area contributed by atoms with E-state index in [-0.39, 0.29) is 17.0 Å². The zero-order valence-electron chi connectivity index (χ0n) is 13.3. The molecule has 1 saturated heterocycles. The van der Waals surface area contributed by atoms with Crippen LogP contribution in [0.4, 0.5) is 13.2 Å². The van der Waals surface area contributed by atoms with E-state index in [0.717, 1.165) is 37.7 Å². The van der Waals surface area contributed by atoms with Crippen molar-refractivity contribution < 1.29 is 17.9 Å². The highest BCUT2D eigenvalue weighted by Gasteiger charge is 2.21. The molecule has 130 valence electrons. The highest BCUT2D eigenvalue weighted by Crippen LogP contribution is 2.31. The van der Waals surface area contributed by atoms with Gasteiger partial charge in [-0.2, -0.15) is 0 Å². The Morgan fingerprint density at radius 2 is 2.04 bits per heavy atom. The molecule has 2 heterocycles. The quantitative estimate of drug-likeness (QED) is 0.786. The number of ether oxygens (including phenoxy) is 1. The molecule has 7 heteroatoms. The summed E-state index contributed by atoms with van der Waals surface area (Å²) in [5.74, 6) is -1.36. The van der Waals surface area contributed by atoms with Crippen LogP contribution in [0.25, 0.3) is 16.6 Å². The number of benzene rings is 2. The van der Waals surface area contributed by atoms with Crippen molar-refractivity contribution in [3.63, 3.8) is 0 Å². The second-order valence-corrected chi connectivity index (χ2v) is 6.12. The minimum Gasteiger partial charge on any atom is -0.476 e. The number of fused-ring (bicyclic) bond motifs is 1. The van der Waals surface area contributed by atoms with Gasteiger partial charge >= 0.3 is 0 Å². The number of hydrogen-bond acceptors (Lipinski definition) is 3. The molecular weight excluding hydrogens is 331 g/mol. The van der Waals surface area contributed by atoms with Crippen molar-refractivity contribution in [3.05, 3.63) is 53.8 Å².